The second kappa shape index (κ2) is 5.95. The Morgan fingerprint density at radius 2 is 2.18 bits per heavy atom. The zero-order chi connectivity index (χ0) is 13.1. The van der Waals surface area contributed by atoms with Crippen LogP contribution in [0.4, 0.5) is 0 Å². The first-order valence-electron chi connectivity index (χ1n) is 5.13. The van der Waals surface area contributed by atoms with Crippen molar-refractivity contribution < 1.29 is 13.2 Å². The summed E-state index contributed by atoms with van der Waals surface area (Å²) in [6.07, 6.45) is 1.35. The van der Waals surface area contributed by atoms with Crippen molar-refractivity contribution in [1.29, 1.82) is 0 Å². The van der Waals surface area contributed by atoms with E-state index < -0.39 is 16.1 Å². The van der Waals surface area contributed by atoms with E-state index in [2.05, 4.69) is 4.72 Å². The van der Waals surface area contributed by atoms with Gasteiger partial charge in [0.1, 0.15) is 10.5 Å². The Balaban J connectivity index is 2.89. The average Bonchev–Trinajstić information content (AvgIpc) is 2.72. The molecule has 17 heavy (non-hydrogen) atoms. The van der Waals surface area contributed by atoms with Crippen molar-refractivity contribution in [3.8, 4) is 0 Å². The summed E-state index contributed by atoms with van der Waals surface area (Å²) < 4.78 is 26.7. The number of carbonyl (C=O) groups excluding carboxylic acids is 1. The number of carbonyl (C=O) groups is 1. The molecule has 0 aliphatic carbocycles. The lowest BCUT2D eigenvalue weighted by Gasteiger charge is -2.17. The molecule has 1 aromatic heterocycles. The van der Waals surface area contributed by atoms with E-state index in [4.69, 9.17) is 11.6 Å². The SMILES string of the molecule is CC[C@H](C)[C@H](C=O)NS(=O)(=O)c1ccc(Cl)s1. The van der Waals surface area contributed by atoms with Crippen LogP contribution in [0.3, 0.4) is 0 Å². The van der Waals surface area contributed by atoms with Gasteiger partial charge >= 0.3 is 0 Å². The molecule has 0 fully saturated rings. The van der Waals surface area contributed by atoms with Crippen LogP contribution < -0.4 is 4.72 Å². The number of hydrogen-bond acceptors (Lipinski definition) is 4. The van der Waals surface area contributed by atoms with E-state index in [1.54, 1.807) is 0 Å². The number of hydrogen-bond donors (Lipinski definition) is 1. The van der Waals surface area contributed by atoms with Gasteiger partial charge in [0.15, 0.2) is 0 Å². The van der Waals surface area contributed by atoms with Crippen LogP contribution in [0.25, 0.3) is 0 Å². The number of nitrogens with one attached hydrogen (secondary N) is 1. The van der Waals surface area contributed by atoms with Crippen LogP contribution in [-0.4, -0.2) is 20.7 Å². The van der Waals surface area contributed by atoms with Gasteiger partial charge in [-0.15, -0.1) is 11.3 Å². The fourth-order valence-corrected chi connectivity index (χ4v) is 3.99. The highest BCUT2D eigenvalue weighted by Gasteiger charge is 2.24. The molecule has 0 aliphatic heterocycles. The van der Waals surface area contributed by atoms with Crippen LogP contribution in [0.5, 0.6) is 0 Å². The Hall–Kier alpha value is -0.430. The summed E-state index contributed by atoms with van der Waals surface area (Å²) in [4.78, 5) is 10.9. The quantitative estimate of drug-likeness (QED) is 0.819. The summed E-state index contributed by atoms with van der Waals surface area (Å²) in [5.74, 6) is -0.0438. The van der Waals surface area contributed by atoms with Gasteiger partial charge in [-0.1, -0.05) is 31.9 Å². The normalized spacial score (nSPS) is 15.5. The summed E-state index contributed by atoms with van der Waals surface area (Å²) in [5.41, 5.74) is 0. The van der Waals surface area contributed by atoms with Crippen LogP contribution in [0.15, 0.2) is 16.3 Å². The summed E-state index contributed by atoms with van der Waals surface area (Å²) >= 11 is 6.65. The fraction of sp³-hybridized carbons (Fsp3) is 0.500. The predicted octanol–water partition coefficient (Wildman–Crippen LogP) is 2.29. The van der Waals surface area contributed by atoms with E-state index >= 15 is 0 Å². The Morgan fingerprint density at radius 1 is 1.53 bits per heavy atom. The van der Waals surface area contributed by atoms with Crippen molar-refractivity contribution in [2.45, 2.75) is 30.5 Å². The third-order valence-corrected chi connectivity index (χ3v) is 5.69. The Labute approximate surface area is 110 Å². The van der Waals surface area contributed by atoms with Crippen molar-refractivity contribution >= 4 is 39.2 Å². The molecular weight excluding hydrogens is 282 g/mol. The fourth-order valence-electron chi connectivity index (χ4n) is 1.21. The topological polar surface area (TPSA) is 63.2 Å². The Bertz CT molecular complexity index is 483. The monoisotopic (exact) mass is 295 g/mol. The maximum atomic E-state index is 11.9. The second-order valence-corrected chi connectivity index (χ2v) is 7.38. The first-order valence-corrected chi connectivity index (χ1v) is 7.81. The minimum Gasteiger partial charge on any atom is -0.302 e. The third-order valence-electron chi connectivity index (χ3n) is 2.51. The molecule has 96 valence electrons. The van der Waals surface area contributed by atoms with Crippen LogP contribution in [0.1, 0.15) is 20.3 Å². The zero-order valence-electron chi connectivity index (χ0n) is 9.51. The summed E-state index contributed by atoms with van der Waals surface area (Å²) in [5, 5.41) is 0. The van der Waals surface area contributed by atoms with Gasteiger partial charge in [-0.3, -0.25) is 0 Å². The summed E-state index contributed by atoms with van der Waals surface area (Å²) in [7, 11) is -3.65. The predicted molar refractivity (Wildman–Crippen MR) is 69.0 cm³/mol. The van der Waals surface area contributed by atoms with Crippen LogP contribution in [0.2, 0.25) is 4.34 Å². The highest BCUT2D eigenvalue weighted by molar-refractivity contribution is 7.91. The van der Waals surface area contributed by atoms with Crippen LogP contribution in [-0.2, 0) is 14.8 Å². The molecule has 0 saturated carbocycles. The van der Waals surface area contributed by atoms with Gasteiger partial charge in [0.2, 0.25) is 0 Å². The number of aldehydes is 1. The molecular formula is C10H14ClNO3S2. The second-order valence-electron chi connectivity index (χ2n) is 3.73. The molecule has 1 heterocycles. The van der Waals surface area contributed by atoms with Gasteiger partial charge in [0.05, 0.1) is 10.4 Å². The van der Waals surface area contributed by atoms with Gasteiger partial charge < -0.3 is 4.79 Å². The molecule has 0 unspecified atom stereocenters. The lowest BCUT2D eigenvalue weighted by molar-refractivity contribution is -0.110. The zero-order valence-corrected chi connectivity index (χ0v) is 11.9. The third kappa shape index (κ3) is 3.77. The van der Waals surface area contributed by atoms with Crippen molar-refractivity contribution in [3.63, 3.8) is 0 Å². The van der Waals surface area contributed by atoms with E-state index in [-0.39, 0.29) is 10.1 Å². The standard InChI is InChI=1S/C10H14ClNO3S2/c1-3-7(2)8(6-13)12-17(14,15)10-5-4-9(11)16-10/h4-8,12H,3H2,1-2H3/t7-,8-/m0/s1. The molecule has 0 aliphatic rings. The van der Waals surface area contributed by atoms with E-state index in [1.165, 1.54) is 12.1 Å². The molecule has 0 bridgehead atoms. The smallest absolute Gasteiger partial charge is 0.250 e. The Morgan fingerprint density at radius 3 is 2.59 bits per heavy atom. The van der Waals surface area contributed by atoms with Gasteiger partial charge in [0.25, 0.3) is 10.0 Å². The van der Waals surface area contributed by atoms with Crippen molar-refractivity contribution in [2.24, 2.45) is 5.92 Å². The van der Waals surface area contributed by atoms with Crippen molar-refractivity contribution in [2.75, 3.05) is 0 Å². The molecule has 1 aromatic rings. The van der Waals surface area contributed by atoms with Crippen molar-refractivity contribution in [3.05, 3.63) is 16.5 Å². The lowest BCUT2D eigenvalue weighted by Crippen LogP contribution is -2.40. The van der Waals surface area contributed by atoms with Gasteiger partial charge in [-0.2, -0.15) is 4.72 Å². The van der Waals surface area contributed by atoms with Crippen LogP contribution in [0, 0.1) is 5.92 Å². The highest BCUT2D eigenvalue weighted by atomic mass is 35.5. The summed E-state index contributed by atoms with van der Waals surface area (Å²) in [6.45, 7) is 3.72. The van der Waals surface area contributed by atoms with Gasteiger partial charge in [-0.25, -0.2) is 8.42 Å². The van der Waals surface area contributed by atoms with E-state index in [9.17, 15) is 13.2 Å². The summed E-state index contributed by atoms with van der Waals surface area (Å²) in [6, 6.07) is 2.24. The highest BCUT2D eigenvalue weighted by Crippen LogP contribution is 2.25. The molecule has 2 atom stereocenters. The van der Waals surface area contributed by atoms with Gasteiger partial charge in [-0.05, 0) is 18.1 Å². The Kier molecular flexibility index (Phi) is 5.12. The molecule has 0 saturated heterocycles. The number of thiophene rings is 1. The first kappa shape index (κ1) is 14.6. The molecule has 1 rings (SSSR count). The first-order chi connectivity index (χ1) is 7.90. The van der Waals surface area contributed by atoms with Crippen LogP contribution >= 0.6 is 22.9 Å². The molecule has 0 aromatic carbocycles. The van der Waals surface area contributed by atoms with E-state index in [0.717, 1.165) is 17.8 Å². The lowest BCUT2D eigenvalue weighted by atomic mass is 10.0. The molecule has 0 spiro atoms. The average molecular weight is 296 g/mol. The minimum atomic E-state index is -3.65. The molecule has 0 radical (unpaired) electrons. The van der Waals surface area contributed by atoms with Gasteiger partial charge in [0, 0.05) is 0 Å². The maximum Gasteiger partial charge on any atom is 0.250 e. The number of sulfonamides is 1. The maximum absolute atomic E-state index is 11.9. The van der Waals surface area contributed by atoms with E-state index in [1.807, 2.05) is 13.8 Å². The molecule has 7 heteroatoms. The molecule has 0 amide bonds. The molecule has 1 N–H and O–H groups in total. The van der Waals surface area contributed by atoms with E-state index in [0.29, 0.717) is 10.6 Å². The number of rotatable bonds is 6. The minimum absolute atomic E-state index is 0.0438. The van der Waals surface area contributed by atoms with Crippen molar-refractivity contribution in [1.82, 2.24) is 4.72 Å². The molecule has 4 nitrogen and oxygen atoms in total. The largest absolute Gasteiger partial charge is 0.302 e. The number of halogens is 1.